The molecule has 3 saturated carbocycles. The van der Waals surface area contributed by atoms with E-state index in [1.807, 2.05) is 0 Å². The van der Waals surface area contributed by atoms with Gasteiger partial charge in [-0.25, -0.2) is 0 Å². The van der Waals surface area contributed by atoms with Gasteiger partial charge in [-0.2, -0.15) is 0 Å². The zero-order chi connectivity index (χ0) is 13.9. The van der Waals surface area contributed by atoms with Crippen molar-refractivity contribution >= 4 is 0 Å². The third-order valence-corrected chi connectivity index (χ3v) is 7.38. The molecule has 0 aromatic rings. The number of rotatable bonds is 0. The Labute approximate surface area is 122 Å². The van der Waals surface area contributed by atoms with E-state index in [4.69, 9.17) is 0 Å². The summed E-state index contributed by atoms with van der Waals surface area (Å²) < 4.78 is 0. The van der Waals surface area contributed by atoms with Gasteiger partial charge in [-0.3, -0.25) is 0 Å². The second-order valence-electron chi connectivity index (χ2n) is 8.10. The van der Waals surface area contributed by atoms with Gasteiger partial charge in [0.15, 0.2) is 0 Å². The summed E-state index contributed by atoms with van der Waals surface area (Å²) in [6.07, 6.45) is 11.4. The number of aliphatic hydroxyl groups is 2. The molecular weight excluding hydrogens is 248 g/mol. The van der Waals surface area contributed by atoms with Crippen molar-refractivity contribution in [2.75, 3.05) is 0 Å². The SMILES string of the molecule is C[C@]12CC[C@H]3[C@@H](CCC4=C[C@@H](O)CC[C@@H]43)[C@@H]1CC[C@H]2O. The lowest BCUT2D eigenvalue weighted by Crippen LogP contribution is -2.47. The van der Waals surface area contributed by atoms with Gasteiger partial charge in [0.2, 0.25) is 0 Å². The van der Waals surface area contributed by atoms with Crippen molar-refractivity contribution in [1.29, 1.82) is 0 Å². The molecule has 0 aromatic heterocycles. The lowest BCUT2D eigenvalue weighted by molar-refractivity contribution is -0.0548. The van der Waals surface area contributed by atoms with E-state index >= 15 is 0 Å². The van der Waals surface area contributed by atoms with E-state index in [2.05, 4.69) is 13.0 Å². The lowest BCUT2D eigenvalue weighted by atomic mass is 9.52. The van der Waals surface area contributed by atoms with Crippen LogP contribution in [-0.4, -0.2) is 22.4 Å². The van der Waals surface area contributed by atoms with Gasteiger partial charge in [-0.05, 0) is 80.5 Å². The Morgan fingerprint density at radius 2 is 1.85 bits per heavy atom. The fraction of sp³-hybridized carbons (Fsp3) is 0.889. The Hall–Kier alpha value is -0.340. The van der Waals surface area contributed by atoms with Gasteiger partial charge in [0.05, 0.1) is 12.2 Å². The highest BCUT2D eigenvalue weighted by Crippen LogP contribution is 2.61. The quantitative estimate of drug-likeness (QED) is 0.667. The molecule has 2 heteroatoms. The molecule has 0 bridgehead atoms. The molecule has 0 saturated heterocycles. The highest BCUT2D eigenvalue weighted by molar-refractivity contribution is 5.20. The number of aliphatic hydroxyl groups excluding tert-OH is 2. The number of hydrogen-bond donors (Lipinski definition) is 2. The van der Waals surface area contributed by atoms with Crippen molar-refractivity contribution in [2.45, 2.75) is 70.5 Å². The fourth-order valence-electron chi connectivity index (χ4n) is 6.28. The van der Waals surface area contributed by atoms with Gasteiger partial charge in [0, 0.05) is 0 Å². The summed E-state index contributed by atoms with van der Waals surface area (Å²) in [6.45, 7) is 2.35. The van der Waals surface area contributed by atoms with E-state index in [0.29, 0.717) is 0 Å². The zero-order valence-electron chi connectivity index (χ0n) is 12.6. The Kier molecular flexibility index (Phi) is 3.05. The van der Waals surface area contributed by atoms with Gasteiger partial charge in [0.1, 0.15) is 0 Å². The molecule has 7 atom stereocenters. The summed E-state index contributed by atoms with van der Waals surface area (Å²) in [5.74, 6) is 3.18. The van der Waals surface area contributed by atoms with Gasteiger partial charge >= 0.3 is 0 Å². The average molecular weight is 276 g/mol. The van der Waals surface area contributed by atoms with Crippen LogP contribution in [-0.2, 0) is 0 Å². The molecule has 20 heavy (non-hydrogen) atoms. The summed E-state index contributed by atoms with van der Waals surface area (Å²) >= 11 is 0. The van der Waals surface area contributed by atoms with Crippen molar-refractivity contribution in [1.82, 2.24) is 0 Å². The van der Waals surface area contributed by atoms with Crippen LogP contribution in [0, 0.1) is 29.1 Å². The maximum atomic E-state index is 10.4. The summed E-state index contributed by atoms with van der Waals surface area (Å²) in [6, 6.07) is 0. The smallest absolute Gasteiger partial charge is 0.0723 e. The molecule has 2 nitrogen and oxygen atoms in total. The standard InChI is InChI=1S/C18H28O2/c1-18-9-8-14-13-5-3-12(19)10-11(13)2-4-15(14)16(18)6-7-17(18)20/h10,12-17,19-20H,2-9H2,1H3/t12-,13-,14+,15+,16-,17+,18-/m0/s1. The van der Waals surface area contributed by atoms with Gasteiger partial charge in [0.25, 0.3) is 0 Å². The summed E-state index contributed by atoms with van der Waals surface area (Å²) in [4.78, 5) is 0. The molecule has 0 heterocycles. The summed E-state index contributed by atoms with van der Waals surface area (Å²) in [7, 11) is 0. The molecule has 0 spiro atoms. The van der Waals surface area contributed by atoms with Crippen LogP contribution in [0.25, 0.3) is 0 Å². The van der Waals surface area contributed by atoms with E-state index in [9.17, 15) is 10.2 Å². The van der Waals surface area contributed by atoms with Crippen LogP contribution >= 0.6 is 0 Å². The largest absolute Gasteiger partial charge is 0.393 e. The lowest BCUT2D eigenvalue weighted by Gasteiger charge is -2.53. The summed E-state index contributed by atoms with van der Waals surface area (Å²) in [5, 5.41) is 20.3. The molecule has 0 radical (unpaired) electrons. The Morgan fingerprint density at radius 3 is 2.70 bits per heavy atom. The minimum atomic E-state index is -0.181. The Morgan fingerprint density at radius 1 is 1.00 bits per heavy atom. The first-order chi connectivity index (χ1) is 9.59. The third kappa shape index (κ3) is 1.77. The van der Waals surface area contributed by atoms with Crippen LogP contribution in [0.3, 0.4) is 0 Å². The second-order valence-corrected chi connectivity index (χ2v) is 8.10. The number of fused-ring (bicyclic) bond motifs is 5. The molecule has 4 rings (SSSR count). The minimum Gasteiger partial charge on any atom is -0.393 e. The highest BCUT2D eigenvalue weighted by atomic mass is 16.3. The highest BCUT2D eigenvalue weighted by Gasteiger charge is 2.55. The molecule has 0 amide bonds. The monoisotopic (exact) mass is 276 g/mol. The Balaban J connectivity index is 1.62. The molecule has 0 aliphatic heterocycles. The number of hydrogen-bond acceptors (Lipinski definition) is 2. The van der Waals surface area contributed by atoms with Gasteiger partial charge < -0.3 is 10.2 Å². The topological polar surface area (TPSA) is 40.5 Å². The van der Waals surface area contributed by atoms with E-state index in [1.165, 1.54) is 38.5 Å². The molecule has 2 N–H and O–H groups in total. The van der Waals surface area contributed by atoms with Crippen molar-refractivity contribution in [2.24, 2.45) is 29.1 Å². The zero-order valence-corrected chi connectivity index (χ0v) is 12.6. The first-order valence-corrected chi connectivity index (χ1v) is 8.66. The molecule has 0 aromatic carbocycles. The van der Waals surface area contributed by atoms with E-state index < -0.39 is 0 Å². The predicted octanol–water partition coefficient (Wildman–Crippen LogP) is 3.28. The normalized spacial score (nSPS) is 54.6. The van der Waals surface area contributed by atoms with Crippen LogP contribution in [0.5, 0.6) is 0 Å². The first kappa shape index (κ1) is 13.3. The van der Waals surface area contributed by atoms with E-state index in [1.54, 1.807) is 5.57 Å². The van der Waals surface area contributed by atoms with Gasteiger partial charge in [-0.15, -0.1) is 0 Å². The second kappa shape index (κ2) is 4.58. The van der Waals surface area contributed by atoms with Crippen LogP contribution in [0.2, 0.25) is 0 Å². The van der Waals surface area contributed by atoms with E-state index in [-0.39, 0.29) is 17.6 Å². The predicted molar refractivity (Wildman–Crippen MR) is 79.1 cm³/mol. The summed E-state index contributed by atoms with van der Waals surface area (Å²) in [5.41, 5.74) is 1.77. The minimum absolute atomic E-state index is 0.0569. The van der Waals surface area contributed by atoms with E-state index in [0.717, 1.165) is 36.5 Å². The van der Waals surface area contributed by atoms with Crippen molar-refractivity contribution in [3.63, 3.8) is 0 Å². The van der Waals surface area contributed by atoms with Crippen LogP contribution in [0.15, 0.2) is 11.6 Å². The molecule has 4 aliphatic rings. The molecule has 4 aliphatic carbocycles. The maximum absolute atomic E-state index is 10.4. The molecular formula is C18H28O2. The van der Waals surface area contributed by atoms with Crippen LogP contribution < -0.4 is 0 Å². The van der Waals surface area contributed by atoms with Crippen molar-refractivity contribution in [3.8, 4) is 0 Å². The van der Waals surface area contributed by atoms with Crippen LogP contribution in [0.4, 0.5) is 0 Å². The molecule has 3 fully saturated rings. The van der Waals surface area contributed by atoms with Crippen LogP contribution in [0.1, 0.15) is 58.3 Å². The maximum Gasteiger partial charge on any atom is 0.0723 e. The third-order valence-electron chi connectivity index (χ3n) is 7.38. The Bertz CT molecular complexity index is 429. The average Bonchev–Trinajstić information content (AvgIpc) is 2.74. The molecule has 112 valence electrons. The number of allylic oxidation sites excluding steroid dienone is 1. The molecule has 0 unspecified atom stereocenters. The van der Waals surface area contributed by atoms with Crippen molar-refractivity contribution in [3.05, 3.63) is 11.6 Å². The van der Waals surface area contributed by atoms with Crippen molar-refractivity contribution < 1.29 is 10.2 Å². The fourth-order valence-corrected chi connectivity index (χ4v) is 6.28. The van der Waals surface area contributed by atoms with Gasteiger partial charge in [-0.1, -0.05) is 18.6 Å². The first-order valence-electron chi connectivity index (χ1n) is 8.66.